The largest absolute Gasteiger partial charge is 0.397 e. The Morgan fingerprint density at radius 1 is 1.00 bits per heavy atom. The number of thiophene rings is 1. The number of pyridine rings is 1. The van der Waals surface area contributed by atoms with Crippen molar-refractivity contribution in [3.63, 3.8) is 0 Å². The summed E-state index contributed by atoms with van der Waals surface area (Å²) in [5.41, 5.74) is 11.5. The van der Waals surface area contributed by atoms with Crippen molar-refractivity contribution in [1.82, 2.24) is 4.98 Å². The van der Waals surface area contributed by atoms with Gasteiger partial charge in [0, 0.05) is 16.0 Å². The molecule has 5 nitrogen and oxygen atoms in total. The van der Waals surface area contributed by atoms with E-state index < -0.39 is 0 Å². The van der Waals surface area contributed by atoms with Gasteiger partial charge in [0.05, 0.1) is 17.1 Å². The second kappa shape index (κ2) is 7.97. The number of hydrogen-bond acceptors (Lipinski definition) is 6. The maximum atomic E-state index is 13.0. The molecule has 4 rings (SSSR count). The van der Waals surface area contributed by atoms with Crippen LogP contribution >= 0.6 is 22.9 Å². The molecule has 0 spiro atoms. The van der Waals surface area contributed by atoms with Crippen LogP contribution < -0.4 is 5.73 Å². The van der Waals surface area contributed by atoms with E-state index in [0.29, 0.717) is 31.7 Å². The number of aromatic nitrogens is 1. The van der Waals surface area contributed by atoms with Crippen LogP contribution in [0.5, 0.6) is 0 Å². The number of fused-ring (bicyclic) bond motifs is 1. The van der Waals surface area contributed by atoms with Crippen molar-refractivity contribution < 1.29 is 4.79 Å². The molecular formula is C23H19ClN4OS. The molecule has 2 heterocycles. The number of carbonyl (C=O) groups is 1. The Kier molecular flexibility index (Phi) is 5.37. The maximum absolute atomic E-state index is 13.0. The Morgan fingerprint density at radius 2 is 1.67 bits per heavy atom. The van der Waals surface area contributed by atoms with Crippen molar-refractivity contribution in [3.05, 3.63) is 80.8 Å². The number of benzene rings is 2. The standard InChI is InChI=1S/C23H19ClN4OS/c1-12-4-10-17(11-5-12)27-28-20-13(2)18-19(25)22(30-23(18)26-14(20)3)21(29)15-6-8-16(24)9-7-15/h4-11H,25H2,1-3H3. The van der Waals surface area contributed by atoms with Gasteiger partial charge in [-0.05, 0) is 62.7 Å². The number of aryl methyl sites for hydroxylation is 3. The molecule has 150 valence electrons. The van der Waals surface area contributed by atoms with Crippen LogP contribution in [0.15, 0.2) is 58.8 Å². The van der Waals surface area contributed by atoms with E-state index in [1.807, 2.05) is 45.0 Å². The summed E-state index contributed by atoms with van der Waals surface area (Å²) in [6.07, 6.45) is 0. The molecule has 30 heavy (non-hydrogen) atoms. The zero-order valence-electron chi connectivity index (χ0n) is 16.7. The van der Waals surface area contributed by atoms with Crippen molar-refractivity contribution in [2.24, 2.45) is 10.2 Å². The highest BCUT2D eigenvalue weighted by molar-refractivity contribution is 7.21. The highest BCUT2D eigenvalue weighted by atomic mass is 35.5. The fraction of sp³-hybridized carbons (Fsp3) is 0.130. The maximum Gasteiger partial charge on any atom is 0.205 e. The van der Waals surface area contributed by atoms with E-state index in [0.717, 1.165) is 27.9 Å². The summed E-state index contributed by atoms with van der Waals surface area (Å²) in [7, 11) is 0. The molecule has 0 aliphatic heterocycles. The SMILES string of the molecule is Cc1ccc(N=Nc2c(C)nc3sc(C(=O)c4ccc(Cl)cc4)c(N)c3c2C)cc1. The van der Waals surface area contributed by atoms with Gasteiger partial charge in [0.15, 0.2) is 0 Å². The predicted molar refractivity (Wildman–Crippen MR) is 124 cm³/mol. The lowest BCUT2D eigenvalue weighted by Crippen LogP contribution is -2.02. The van der Waals surface area contributed by atoms with Crippen LogP contribution in [0, 0.1) is 20.8 Å². The molecule has 0 amide bonds. The molecule has 0 aliphatic rings. The lowest BCUT2D eigenvalue weighted by atomic mass is 10.1. The number of carbonyl (C=O) groups excluding carboxylic acids is 1. The Hall–Kier alpha value is -3.09. The van der Waals surface area contributed by atoms with E-state index >= 15 is 0 Å². The zero-order valence-corrected chi connectivity index (χ0v) is 18.3. The first-order valence-corrected chi connectivity index (χ1v) is 10.5. The van der Waals surface area contributed by atoms with Gasteiger partial charge in [0.25, 0.3) is 0 Å². The first-order valence-electron chi connectivity index (χ1n) is 9.33. The number of anilines is 1. The van der Waals surface area contributed by atoms with Gasteiger partial charge in [0.2, 0.25) is 5.78 Å². The average molecular weight is 435 g/mol. The second-order valence-corrected chi connectivity index (χ2v) is 8.50. The number of nitrogens with two attached hydrogens (primary N) is 1. The van der Waals surface area contributed by atoms with Crippen LogP contribution in [0.4, 0.5) is 17.1 Å². The van der Waals surface area contributed by atoms with Gasteiger partial charge in [-0.1, -0.05) is 29.3 Å². The van der Waals surface area contributed by atoms with Gasteiger partial charge >= 0.3 is 0 Å². The lowest BCUT2D eigenvalue weighted by Gasteiger charge is -2.06. The van der Waals surface area contributed by atoms with Gasteiger partial charge in [-0.2, -0.15) is 5.11 Å². The van der Waals surface area contributed by atoms with E-state index in [1.54, 1.807) is 24.3 Å². The third-order valence-electron chi connectivity index (χ3n) is 4.88. The van der Waals surface area contributed by atoms with E-state index in [2.05, 4.69) is 15.2 Å². The summed E-state index contributed by atoms with van der Waals surface area (Å²) in [5.74, 6) is -0.146. The summed E-state index contributed by atoms with van der Waals surface area (Å²) in [4.78, 5) is 18.8. The molecule has 2 N–H and O–H groups in total. The first-order chi connectivity index (χ1) is 14.3. The Morgan fingerprint density at radius 3 is 2.33 bits per heavy atom. The van der Waals surface area contributed by atoms with Crippen LogP contribution in [0.2, 0.25) is 5.02 Å². The minimum absolute atomic E-state index is 0.146. The summed E-state index contributed by atoms with van der Waals surface area (Å²) < 4.78 is 0. The lowest BCUT2D eigenvalue weighted by molar-refractivity contribution is 0.104. The number of ketones is 1. The van der Waals surface area contributed by atoms with E-state index in [4.69, 9.17) is 17.3 Å². The van der Waals surface area contributed by atoms with Gasteiger partial charge in [-0.3, -0.25) is 4.79 Å². The molecule has 0 saturated carbocycles. The highest BCUT2D eigenvalue weighted by Gasteiger charge is 2.22. The van der Waals surface area contributed by atoms with Crippen molar-refractivity contribution in [2.75, 3.05) is 5.73 Å². The molecule has 0 fully saturated rings. The van der Waals surface area contributed by atoms with Gasteiger partial charge in [0.1, 0.15) is 15.4 Å². The summed E-state index contributed by atoms with van der Waals surface area (Å²) in [6.45, 7) is 5.84. The van der Waals surface area contributed by atoms with Crippen molar-refractivity contribution in [2.45, 2.75) is 20.8 Å². The Balaban J connectivity index is 1.78. The van der Waals surface area contributed by atoms with Crippen LogP contribution in [0.3, 0.4) is 0 Å². The highest BCUT2D eigenvalue weighted by Crippen LogP contribution is 2.40. The second-order valence-electron chi connectivity index (χ2n) is 7.07. The third kappa shape index (κ3) is 3.72. The van der Waals surface area contributed by atoms with Gasteiger partial charge in [-0.15, -0.1) is 16.5 Å². The molecule has 0 aliphatic carbocycles. The fourth-order valence-corrected chi connectivity index (χ4v) is 4.52. The van der Waals surface area contributed by atoms with Crippen molar-refractivity contribution in [1.29, 1.82) is 0 Å². The number of nitrogen functional groups attached to an aromatic ring is 1. The average Bonchev–Trinajstić information content (AvgIpc) is 3.05. The number of hydrogen-bond donors (Lipinski definition) is 1. The number of rotatable bonds is 4. The third-order valence-corrected chi connectivity index (χ3v) is 6.23. The molecule has 2 aromatic heterocycles. The van der Waals surface area contributed by atoms with Crippen molar-refractivity contribution in [3.8, 4) is 0 Å². The topological polar surface area (TPSA) is 80.7 Å². The van der Waals surface area contributed by atoms with E-state index in [1.165, 1.54) is 11.3 Å². The molecular weight excluding hydrogens is 416 g/mol. The van der Waals surface area contributed by atoms with Crippen LogP contribution in [-0.2, 0) is 0 Å². The zero-order chi connectivity index (χ0) is 21.4. The summed E-state index contributed by atoms with van der Waals surface area (Å²) in [5, 5.41) is 10.1. The van der Waals surface area contributed by atoms with Crippen molar-refractivity contribution >= 4 is 56.0 Å². The predicted octanol–water partition coefficient (Wildman–Crippen LogP) is 7.10. The number of halogens is 1. The Labute approximate surface area is 183 Å². The summed E-state index contributed by atoms with van der Waals surface area (Å²) >= 11 is 7.23. The van der Waals surface area contributed by atoms with E-state index in [-0.39, 0.29) is 5.78 Å². The first kappa shape index (κ1) is 20.2. The molecule has 0 saturated heterocycles. The smallest absolute Gasteiger partial charge is 0.205 e. The molecule has 0 bridgehead atoms. The quantitative estimate of drug-likeness (QED) is 0.274. The van der Waals surface area contributed by atoms with Gasteiger partial charge in [-0.25, -0.2) is 4.98 Å². The minimum Gasteiger partial charge on any atom is -0.397 e. The summed E-state index contributed by atoms with van der Waals surface area (Å²) in [6, 6.07) is 14.6. The molecule has 2 aromatic carbocycles. The van der Waals surface area contributed by atoms with Crippen LogP contribution in [0.25, 0.3) is 10.2 Å². The fourth-order valence-electron chi connectivity index (χ4n) is 3.24. The van der Waals surface area contributed by atoms with E-state index in [9.17, 15) is 4.79 Å². The molecule has 0 atom stereocenters. The van der Waals surface area contributed by atoms with Gasteiger partial charge < -0.3 is 5.73 Å². The minimum atomic E-state index is -0.146. The van der Waals surface area contributed by atoms with Crippen LogP contribution in [-0.4, -0.2) is 10.8 Å². The Bertz CT molecular complexity index is 1290. The monoisotopic (exact) mass is 434 g/mol. The van der Waals surface area contributed by atoms with Crippen LogP contribution in [0.1, 0.15) is 32.1 Å². The molecule has 4 aromatic rings. The number of azo groups is 1. The normalized spacial score (nSPS) is 11.5. The molecule has 7 heteroatoms. The number of nitrogens with zero attached hydrogens (tertiary/aromatic N) is 3. The molecule has 0 unspecified atom stereocenters. The molecule has 0 radical (unpaired) electrons.